The fourth-order valence-corrected chi connectivity index (χ4v) is 6.27. The summed E-state index contributed by atoms with van der Waals surface area (Å²) in [5, 5.41) is -5.51. The van der Waals surface area contributed by atoms with E-state index >= 15 is 0 Å². The second-order valence-corrected chi connectivity index (χ2v) is 10.4. The monoisotopic (exact) mass is 499 g/mol. The summed E-state index contributed by atoms with van der Waals surface area (Å²) in [5.74, 6) is 0. The molecule has 0 aromatic heterocycles. The first-order valence-electron chi connectivity index (χ1n) is 9.30. The lowest BCUT2D eigenvalue weighted by Gasteiger charge is -2.41. The molecule has 0 spiro atoms. The Morgan fingerprint density at radius 2 is 1.29 bits per heavy atom. The molecule has 1 aromatic rings. The van der Waals surface area contributed by atoms with E-state index in [1.165, 1.54) is 6.07 Å². The van der Waals surface area contributed by atoms with E-state index in [4.69, 9.17) is 0 Å². The molecule has 0 amide bonds. The Balaban J connectivity index is 3.74. The van der Waals surface area contributed by atoms with Crippen LogP contribution in [0.5, 0.6) is 0 Å². The predicted molar refractivity (Wildman–Crippen MR) is 101 cm³/mol. The number of benzene rings is 1. The molecule has 180 valence electrons. The zero-order valence-electron chi connectivity index (χ0n) is 16.8. The van der Waals surface area contributed by atoms with Crippen molar-refractivity contribution in [2.75, 3.05) is 13.2 Å². The van der Waals surface area contributed by atoms with Crippen LogP contribution in [0, 0.1) is 0 Å². The van der Waals surface area contributed by atoms with Gasteiger partial charge in [-0.25, -0.2) is 8.42 Å². The van der Waals surface area contributed by atoms with Gasteiger partial charge in [-0.05, 0) is 25.0 Å². The average molecular weight is 499 g/mol. The van der Waals surface area contributed by atoms with Gasteiger partial charge < -0.3 is 9.05 Å². The van der Waals surface area contributed by atoms with Gasteiger partial charge in [-0.1, -0.05) is 44.9 Å². The second kappa shape index (κ2) is 10.7. The van der Waals surface area contributed by atoms with E-state index in [1.807, 2.05) is 0 Å². The summed E-state index contributed by atoms with van der Waals surface area (Å²) in [6, 6.07) is 5.10. The number of hydrogen-bond donors (Lipinski definition) is 1. The van der Waals surface area contributed by atoms with Crippen molar-refractivity contribution >= 4 is 17.6 Å². The van der Waals surface area contributed by atoms with E-state index in [1.54, 1.807) is 13.8 Å². The molecule has 0 aliphatic heterocycles. The van der Waals surface area contributed by atoms with Crippen LogP contribution in [0.1, 0.15) is 39.5 Å². The van der Waals surface area contributed by atoms with Gasteiger partial charge in [0.2, 0.25) is 10.0 Å². The van der Waals surface area contributed by atoms with Gasteiger partial charge in [0.1, 0.15) is 0 Å². The molecule has 0 aliphatic rings. The molecular weight excluding hydrogens is 475 g/mol. The zero-order valence-corrected chi connectivity index (χ0v) is 18.5. The molecule has 6 nitrogen and oxygen atoms in total. The smallest absolute Gasteiger partial charge is 0.307 e. The van der Waals surface area contributed by atoms with Crippen molar-refractivity contribution in [3.8, 4) is 0 Å². The van der Waals surface area contributed by atoms with Gasteiger partial charge in [0, 0.05) is 0 Å². The van der Waals surface area contributed by atoms with Crippen LogP contribution in [-0.4, -0.2) is 39.3 Å². The third kappa shape index (κ3) is 6.22. The number of alkyl halides is 6. The van der Waals surface area contributed by atoms with Gasteiger partial charge >= 0.3 is 25.2 Å². The van der Waals surface area contributed by atoms with Crippen LogP contribution in [0.4, 0.5) is 26.3 Å². The van der Waals surface area contributed by atoms with Crippen molar-refractivity contribution in [3.05, 3.63) is 30.3 Å². The number of halogens is 6. The Kier molecular flexibility index (Phi) is 9.58. The molecular formula is C17H24F6NO5PS. The number of hydrogen-bond acceptors (Lipinski definition) is 5. The Hall–Kier alpha value is -1.14. The van der Waals surface area contributed by atoms with E-state index in [9.17, 15) is 39.3 Å². The van der Waals surface area contributed by atoms with Crippen LogP contribution in [0.2, 0.25) is 0 Å². The Morgan fingerprint density at radius 1 is 0.871 bits per heavy atom. The van der Waals surface area contributed by atoms with E-state index in [2.05, 4.69) is 9.05 Å². The van der Waals surface area contributed by atoms with Gasteiger partial charge in [0.15, 0.2) is 0 Å². The van der Waals surface area contributed by atoms with Crippen molar-refractivity contribution in [2.24, 2.45) is 0 Å². The summed E-state index contributed by atoms with van der Waals surface area (Å²) in [5.41, 5.74) is 0. The average Bonchev–Trinajstić information content (AvgIpc) is 2.65. The maximum atomic E-state index is 14.1. The minimum atomic E-state index is -6.42. The molecule has 0 saturated carbocycles. The lowest BCUT2D eigenvalue weighted by atomic mass is 10.3. The summed E-state index contributed by atoms with van der Waals surface area (Å²) in [4.78, 5) is -0.887. The van der Waals surface area contributed by atoms with E-state index in [0.29, 0.717) is 17.6 Å². The van der Waals surface area contributed by atoms with Crippen molar-refractivity contribution < 1.29 is 48.4 Å². The van der Waals surface area contributed by atoms with Gasteiger partial charge in [-0.3, -0.25) is 4.57 Å². The summed E-state index contributed by atoms with van der Waals surface area (Å²) in [6.07, 6.45) is -12.3. The molecule has 14 heteroatoms. The highest BCUT2D eigenvalue weighted by atomic mass is 32.2. The molecule has 0 bridgehead atoms. The van der Waals surface area contributed by atoms with Crippen molar-refractivity contribution in [3.63, 3.8) is 0 Å². The van der Waals surface area contributed by atoms with Gasteiger partial charge in [0.05, 0.1) is 18.1 Å². The van der Waals surface area contributed by atoms with E-state index < -0.39 is 53.4 Å². The number of sulfonamides is 1. The molecule has 0 heterocycles. The Bertz CT molecular complexity index is 817. The number of rotatable bonds is 12. The first-order chi connectivity index (χ1) is 14.2. The lowest BCUT2D eigenvalue weighted by molar-refractivity contribution is -0.277. The summed E-state index contributed by atoms with van der Waals surface area (Å²) >= 11 is 0. The zero-order chi connectivity index (χ0) is 24.0. The van der Waals surface area contributed by atoms with Crippen LogP contribution in [0.25, 0.3) is 0 Å². The van der Waals surface area contributed by atoms with Crippen LogP contribution in [0.3, 0.4) is 0 Å². The third-order valence-electron chi connectivity index (χ3n) is 4.09. The molecule has 0 aliphatic carbocycles. The highest BCUT2D eigenvalue weighted by Crippen LogP contribution is 2.70. The molecule has 1 rings (SSSR count). The summed E-state index contributed by atoms with van der Waals surface area (Å²) < 4.78 is 132. The molecule has 0 unspecified atom stereocenters. The molecule has 31 heavy (non-hydrogen) atoms. The molecule has 0 saturated heterocycles. The van der Waals surface area contributed by atoms with Crippen LogP contribution in [0.15, 0.2) is 35.2 Å². The number of nitrogens with one attached hydrogen (secondary N) is 1. The Morgan fingerprint density at radius 3 is 1.65 bits per heavy atom. The van der Waals surface area contributed by atoms with Crippen LogP contribution in [-0.2, 0) is 23.6 Å². The highest BCUT2D eigenvalue weighted by molar-refractivity contribution is 7.90. The van der Waals surface area contributed by atoms with Gasteiger partial charge in [-0.2, -0.15) is 31.1 Å². The van der Waals surface area contributed by atoms with Crippen molar-refractivity contribution in [1.82, 2.24) is 4.72 Å². The largest absolute Gasteiger partial charge is 0.428 e. The van der Waals surface area contributed by atoms with E-state index in [-0.39, 0.29) is 12.8 Å². The topological polar surface area (TPSA) is 81.7 Å². The van der Waals surface area contributed by atoms with Crippen molar-refractivity contribution in [1.29, 1.82) is 0 Å². The Labute approximate surface area is 176 Å². The van der Waals surface area contributed by atoms with E-state index in [0.717, 1.165) is 24.3 Å². The number of unbranched alkanes of at least 4 members (excludes halogenated alkanes) is 2. The quantitative estimate of drug-likeness (QED) is 0.230. The molecule has 1 aromatic carbocycles. The second-order valence-electron chi connectivity index (χ2n) is 6.50. The maximum Gasteiger partial charge on any atom is 0.428 e. The van der Waals surface area contributed by atoms with Crippen molar-refractivity contribution in [2.45, 2.75) is 62.1 Å². The summed E-state index contributed by atoms with van der Waals surface area (Å²) in [7, 11) is -11.7. The first-order valence-corrected chi connectivity index (χ1v) is 12.3. The fraction of sp³-hybridized carbons (Fsp3) is 0.647. The fourth-order valence-electron chi connectivity index (χ4n) is 2.38. The lowest BCUT2D eigenvalue weighted by Crippen LogP contribution is -2.67. The third-order valence-corrected chi connectivity index (χ3v) is 8.19. The maximum absolute atomic E-state index is 14.1. The first kappa shape index (κ1) is 27.9. The van der Waals surface area contributed by atoms with Crippen LogP contribution < -0.4 is 4.72 Å². The molecule has 0 atom stereocenters. The normalized spacial score (nSPS) is 14.1. The predicted octanol–water partition coefficient (Wildman–Crippen LogP) is 5.61. The molecule has 0 fully saturated rings. The highest BCUT2D eigenvalue weighted by Gasteiger charge is 2.83. The standard InChI is InChI=1S/C17H24F6NO5PS/c1-3-5-12-28-30(25,29-13-6-4-2)15(16(18,19)20,17(21,22)23)24-31(26,27)14-10-8-7-9-11-14/h7-11,24H,3-6,12-13H2,1-2H3. The van der Waals surface area contributed by atoms with Gasteiger partial charge in [-0.15, -0.1) is 0 Å². The summed E-state index contributed by atoms with van der Waals surface area (Å²) in [6.45, 7) is 1.62. The molecule has 1 N–H and O–H groups in total. The molecule has 0 radical (unpaired) electrons. The van der Waals surface area contributed by atoms with Crippen LogP contribution >= 0.6 is 7.60 Å². The SMILES string of the molecule is CCCCOP(=O)(OCCCC)C(NS(=O)(=O)c1ccccc1)(C(F)(F)F)C(F)(F)F. The minimum absolute atomic E-state index is 0.0294. The van der Waals surface area contributed by atoms with Gasteiger partial charge in [0.25, 0.3) is 0 Å². The minimum Gasteiger partial charge on any atom is -0.307 e.